The van der Waals surface area contributed by atoms with Crippen molar-refractivity contribution in [3.63, 3.8) is 0 Å². The van der Waals surface area contributed by atoms with E-state index in [1.165, 1.54) is 11.3 Å². The minimum atomic E-state index is 0.303. The van der Waals surface area contributed by atoms with Gasteiger partial charge in [0.15, 0.2) is 0 Å². The van der Waals surface area contributed by atoms with Crippen molar-refractivity contribution in [1.82, 2.24) is 14.8 Å². The van der Waals surface area contributed by atoms with Crippen molar-refractivity contribution < 1.29 is 4.74 Å². The third-order valence-electron chi connectivity index (χ3n) is 3.68. The number of aromatic nitrogens is 3. The molecule has 0 saturated carbocycles. The van der Waals surface area contributed by atoms with E-state index in [0.29, 0.717) is 22.1 Å². The molecule has 0 aliphatic heterocycles. The van der Waals surface area contributed by atoms with Crippen molar-refractivity contribution in [2.24, 2.45) is 0 Å². The zero-order chi connectivity index (χ0) is 16.6. The van der Waals surface area contributed by atoms with Gasteiger partial charge in [-0.05, 0) is 25.5 Å². The fourth-order valence-corrected chi connectivity index (χ4v) is 3.19. The number of nitrogens with zero attached hydrogens (tertiary/aromatic N) is 4. The highest BCUT2D eigenvalue weighted by Crippen LogP contribution is 2.34. The van der Waals surface area contributed by atoms with Crippen LogP contribution in [-0.2, 0) is 0 Å². The van der Waals surface area contributed by atoms with Crippen LogP contribution < -0.4 is 10.5 Å². The fourth-order valence-electron chi connectivity index (χ4n) is 2.57. The Morgan fingerprint density at radius 3 is 2.74 bits per heavy atom. The largest absolute Gasteiger partial charge is 0.496 e. The van der Waals surface area contributed by atoms with Crippen LogP contribution in [0.5, 0.6) is 5.75 Å². The molecule has 23 heavy (non-hydrogen) atoms. The van der Waals surface area contributed by atoms with Gasteiger partial charge in [-0.25, -0.2) is 9.67 Å². The number of rotatable bonds is 3. The summed E-state index contributed by atoms with van der Waals surface area (Å²) in [4.78, 5) is 4.23. The van der Waals surface area contributed by atoms with Crippen molar-refractivity contribution in [3.8, 4) is 28.2 Å². The molecule has 3 rings (SSSR count). The van der Waals surface area contributed by atoms with Crippen LogP contribution in [0.4, 0.5) is 5.82 Å². The normalized spacial score (nSPS) is 10.5. The highest BCUT2D eigenvalue weighted by atomic mass is 32.1. The van der Waals surface area contributed by atoms with Crippen molar-refractivity contribution in [1.29, 1.82) is 5.26 Å². The molecular formula is C16H15N5OS. The van der Waals surface area contributed by atoms with Gasteiger partial charge in [0.25, 0.3) is 0 Å². The Kier molecular flexibility index (Phi) is 3.76. The summed E-state index contributed by atoms with van der Waals surface area (Å²) in [5.41, 5.74) is 9.76. The first-order valence-corrected chi connectivity index (χ1v) is 7.79. The third kappa shape index (κ3) is 2.33. The lowest BCUT2D eigenvalue weighted by Gasteiger charge is -2.14. The van der Waals surface area contributed by atoms with Gasteiger partial charge in [0.05, 0.1) is 12.8 Å². The number of nitrogen functional groups attached to an aromatic ring is 1. The number of ether oxygens (including phenoxy) is 1. The Balaban J connectivity index is 2.29. The first kappa shape index (κ1) is 15.1. The first-order chi connectivity index (χ1) is 11.1. The minimum absolute atomic E-state index is 0.303. The number of anilines is 1. The van der Waals surface area contributed by atoms with Crippen LogP contribution in [0.3, 0.4) is 0 Å². The van der Waals surface area contributed by atoms with Crippen molar-refractivity contribution in [3.05, 3.63) is 40.4 Å². The van der Waals surface area contributed by atoms with Gasteiger partial charge >= 0.3 is 0 Å². The maximum absolute atomic E-state index is 9.47. The molecule has 0 radical (unpaired) electrons. The molecular weight excluding hydrogens is 310 g/mol. The lowest BCUT2D eigenvalue weighted by molar-refractivity contribution is 0.411. The summed E-state index contributed by atoms with van der Waals surface area (Å²) in [7, 11) is 1.62. The van der Waals surface area contributed by atoms with Gasteiger partial charge in [-0.2, -0.15) is 10.4 Å². The van der Waals surface area contributed by atoms with Gasteiger partial charge in [-0.3, -0.25) is 0 Å². The van der Waals surface area contributed by atoms with Gasteiger partial charge in [-0.1, -0.05) is 6.07 Å². The molecule has 0 fully saturated rings. The molecule has 116 valence electrons. The Morgan fingerprint density at radius 2 is 2.13 bits per heavy atom. The molecule has 0 bridgehead atoms. The topological polar surface area (TPSA) is 89.8 Å². The van der Waals surface area contributed by atoms with Gasteiger partial charge in [0, 0.05) is 17.1 Å². The molecule has 0 amide bonds. The van der Waals surface area contributed by atoms with E-state index in [0.717, 1.165) is 22.6 Å². The number of hydrogen-bond acceptors (Lipinski definition) is 6. The van der Waals surface area contributed by atoms with E-state index in [4.69, 9.17) is 10.5 Å². The molecule has 0 aliphatic carbocycles. The second-order valence-corrected chi connectivity index (χ2v) is 5.92. The van der Waals surface area contributed by atoms with Crippen LogP contribution in [0.2, 0.25) is 0 Å². The minimum Gasteiger partial charge on any atom is -0.496 e. The zero-order valence-corrected chi connectivity index (χ0v) is 13.8. The lowest BCUT2D eigenvalue weighted by atomic mass is 10.1. The van der Waals surface area contributed by atoms with Crippen LogP contribution in [0.15, 0.2) is 23.7 Å². The van der Waals surface area contributed by atoms with Gasteiger partial charge < -0.3 is 10.5 Å². The first-order valence-electron chi connectivity index (χ1n) is 6.91. The summed E-state index contributed by atoms with van der Waals surface area (Å²) in [5.74, 6) is 1.05. The van der Waals surface area contributed by atoms with E-state index in [1.807, 2.05) is 31.4 Å². The number of aryl methyl sites for hydroxylation is 1. The van der Waals surface area contributed by atoms with E-state index < -0.39 is 0 Å². The zero-order valence-electron chi connectivity index (χ0n) is 13.0. The summed E-state index contributed by atoms with van der Waals surface area (Å²) in [6.45, 7) is 3.91. The van der Waals surface area contributed by atoms with Crippen molar-refractivity contribution >= 4 is 17.2 Å². The number of thiazole rings is 1. The van der Waals surface area contributed by atoms with E-state index in [-0.39, 0.29) is 0 Å². The predicted octanol–water partition coefficient (Wildman–Crippen LogP) is 3.08. The summed E-state index contributed by atoms with van der Waals surface area (Å²) in [6, 6.07) is 5.98. The van der Waals surface area contributed by atoms with Crippen LogP contribution >= 0.6 is 11.3 Å². The molecule has 3 aromatic rings. The lowest BCUT2D eigenvalue weighted by Crippen LogP contribution is -2.07. The molecule has 0 atom stereocenters. The highest BCUT2D eigenvalue weighted by Gasteiger charge is 2.22. The summed E-state index contributed by atoms with van der Waals surface area (Å²) < 4.78 is 6.98. The van der Waals surface area contributed by atoms with E-state index in [9.17, 15) is 5.26 Å². The van der Waals surface area contributed by atoms with E-state index in [1.54, 1.807) is 18.0 Å². The van der Waals surface area contributed by atoms with Gasteiger partial charge in [0.1, 0.15) is 33.9 Å². The maximum Gasteiger partial charge on any atom is 0.146 e. The van der Waals surface area contributed by atoms with Crippen LogP contribution in [0.1, 0.15) is 16.7 Å². The molecule has 0 aliphatic rings. The number of nitrogens with two attached hydrogens (primary N) is 1. The van der Waals surface area contributed by atoms with Gasteiger partial charge in [0.2, 0.25) is 0 Å². The monoisotopic (exact) mass is 325 g/mol. The quantitative estimate of drug-likeness (QED) is 0.799. The number of methoxy groups -OCH3 is 1. The molecule has 1 aromatic carbocycles. The Hall–Kier alpha value is -2.85. The fraction of sp³-hybridized carbons (Fsp3) is 0.188. The van der Waals surface area contributed by atoms with E-state index >= 15 is 0 Å². The third-order valence-corrected chi connectivity index (χ3v) is 4.46. The highest BCUT2D eigenvalue weighted by molar-refractivity contribution is 7.13. The number of benzene rings is 1. The number of hydrogen-bond donors (Lipinski definition) is 1. The SMILES string of the molecule is COc1ccc(C)c(-n2nc(-c3nccs3)c(C#N)c2N)c1C. The maximum atomic E-state index is 9.47. The Labute approximate surface area is 137 Å². The van der Waals surface area contributed by atoms with Crippen LogP contribution in [0.25, 0.3) is 16.4 Å². The second-order valence-electron chi connectivity index (χ2n) is 5.03. The molecule has 6 nitrogen and oxygen atoms in total. The Morgan fingerprint density at radius 1 is 1.35 bits per heavy atom. The molecule has 2 N–H and O–H groups in total. The molecule has 2 heterocycles. The molecule has 2 aromatic heterocycles. The molecule has 0 spiro atoms. The molecule has 7 heteroatoms. The van der Waals surface area contributed by atoms with E-state index in [2.05, 4.69) is 16.2 Å². The smallest absolute Gasteiger partial charge is 0.146 e. The standard InChI is InChI=1S/C16H15N5OS/c1-9-4-5-12(22-3)10(2)14(9)21-15(18)11(8-17)13(20-21)16-19-6-7-23-16/h4-7H,18H2,1-3H3. The average molecular weight is 325 g/mol. The average Bonchev–Trinajstić information content (AvgIpc) is 3.16. The second kappa shape index (κ2) is 5.74. The molecule has 0 saturated heterocycles. The van der Waals surface area contributed by atoms with Gasteiger partial charge in [-0.15, -0.1) is 11.3 Å². The van der Waals surface area contributed by atoms with Crippen molar-refractivity contribution in [2.75, 3.05) is 12.8 Å². The predicted molar refractivity (Wildman–Crippen MR) is 89.8 cm³/mol. The molecule has 0 unspecified atom stereocenters. The van der Waals surface area contributed by atoms with Crippen molar-refractivity contribution in [2.45, 2.75) is 13.8 Å². The summed E-state index contributed by atoms with van der Waals surface area (Å²) in [6.07, 6.45) is 1.68. The number of nitriles is 1. The summed E-state index contributed by atoms with van der Waals surface area (Å²) >= 11 is 1.42. The summed E-state index contributed by atoms with van der Waals surface area (Å²) in [5, 5.41) is 16.5. The van der Waals surface area contributed by atoms with Crippen LogP contribution in [0, 0.1) is 25.2 Å². The van der Waals surface area contributed by atoms with Crippen LogP contribution in [-0.4, -0.2) is 21.9 Å². The Bertz CT molecular complexity index is 906.